The molecule has 2 aromatic carbocycles. The molecule has 2 heterocycles. The molecule has 0 bridgehead atoms. The summed E-state index contributed by atoms with van der Waals surface area (Å²) in [6, 6.07) is 17.5. The van der Waals surface area contributed by atoms with E-state index in [4.69, 9.17) is 0 Å². The van der Waals surface area contributed by atoms with Gasteiger partial charge in [-0.05, 0) is 23.6 Å². The van der Waals surface area contributed by atoms with E-state index in [0.717, 1.165) is 22.4 Å². The fourth-order valence-electron chi connectivity index (χ4n) is 3.14. The van der Waals surface area contributed by atoms with Crippen molar-refractivity contribution in [2.45, 2.75) is 26.4 Å². The van der Waals surface area contributed by atoms with E-state index in [1.54, 1.807) is 10.9 Å². The number of aromatic nitrogens is 5. The lowest BCUT2D eigenvalue weighted by Gasteiger charge is -2.19. The Balaban J connectivity index is 1.50. The highest BCUT2D eigenvalue weighted by atomic mass is 16.2. The normalized spacial score (nSPS) is 12.4. The minimum Gasteiger partial charge on any atom is -0.340 e. The number of fused-ring (bicyclic) bond motifs is 1. The van der Waals surface area contributed by atoms with Gasteiger partial charge in [-0.2, -0.15) is 0 Å². The summed E-state index contributed by atoms with van der Waals surface area (Å²) in [5.74, 6) is 0.628. The molecule has 2 N–H and O–H groups in total. The third-order valence-corrected chi connectivity index (χ3v) is 4.61. The Labute approximate surface area is 162 Å². The molecule has 0 aliphatic carbocycles. The molecule has 4 rings (SSSR count). The lowest BCUT2D eigenvalue weighted by Crippen LogP contribution is -2.32. The largest absolute Gasteiger partial charge is 0.340 e. The molecule has 1 unspecified atom stereocenters. The van der Waals surface area contributed by atoms with Crippen LogP contribution in [0.1, 0.15) is 41.8 Å². The van der Waals surface area contributed by atoms with Gasteiger partial charge in [0, 0.05) is 0 Å². The van der Waals surface area contributed by atoms with Crippen LogP contribution in [0.4, 0.5) is 0 Å². The first-order valence-corrected chi connectivity index (χ1v) is 9.30. The summed E-state index contributed by atoms with van der Waals surface area (Å²) in [6.07, 6.45) is 1.67. The second-order valence-electron chi connectivity index (χ2n) is 7.12. The van der Waals surface area contributed by atoms with Crippen LogP contribution in [0.15, 0.2) is 60.8 Å². The highest BCUT2D eigenvalue weighted by Gasteiger charge is 2.23. The minimum absolute atomic E-state index is 0.156. The zero-order valence-corrected chi connectivity index (χ0v) is 15.8. The van der Waals surface area contributed by atoms with Gasteiger partial charge in [0.1, 0.15) is 5.82 Å². The third kappa shape index (κ3) is 3.78. The Morgan fingerprint density at radius 1 is 1.11 bits per heavy atom. The maximum absolute atomic E-state index is 12.7. The van der Waals surface area contributed by atoms with Crippen LogP contribution in [0.25, 0.3) is 11.0 Å². The zero-order valence-electron chi connectivity index (χ0n) is 15.8. The molecule has 0 aliphatic heterocycles. The van der Waals surface area contributed by atoms with Gasteiger partial charge in [-0.15, -0.1) is 5.10 Å². The number of nitrogens with zero attached hydrogens (tertiary/aromatic N) is 4. The van der Waals surface area contributed by atoms with Crippen molar-refractivity contribution in [1.82, 2.24) is 30.3 Å². The fraction of sp³-hybridized carbons (Fsp3) is 0.238. The van der Waals surface area contributed by atoms with Crippen molar-refractivity contribution in [1.29, 1.82) is 0 Å². The summed E-state index contributed by atoms with van der Waals surface area (Å²) in [7, 11) is 0. The van der Waals surface area contributed by atoms with Crippen LogP contribution in [0.5, 0.6) is 0 Å². The molecule has 7 heteroatoms. The number of hydrogen-bond donors (Lipinski definition) is 2. The monoisotopic (exact) mass is 374 g/mol. The minimum atomic E-state index is -0.265. The Morgan fingerprint density at radius 2 is 1.86 bits per heavy atom. The van der Waals surface area contributed by atoms with E-state index in [-0.39, 0.29) is 23.6 Å². The predicted molar refractivity (Wildman–Crippen MR) is 107 cm³/mol. The maximum atomic E-state index is 12.7. The molecule has 28 heavy (non-hydrogen) atoms. The Hall–Kier alpha value is -3.48. The number of nitrogens with one attached hydrogen (secondary N) is 2. The fourth-order valence-corrected chi connectivity index (χ4v) is 3.14. The van der Waals surface area contributed by atoms with E-state index in [1.807, 2.05) is 68.4 Å². The summed E-state index contributed by atoms with van der Waals surface area (Å²) in [5.41, 5.74) is 3.22. The van der Waals surface area contributed by atoms with Gasteiger partial charge >= 0.3 is 0 Å². The molecule has 0 saturated heterocycles. The molecule has 0 saturated carbocycles. The van der Waals surface area contributed by atoms with Gasteiger partial charge in [0.25, 0.3) is 5.91 Å². The van der Waals surface area contributed by atoms with Crippen molar-refractivity contribution in [2.75, 3.05) is 0 Å². The van der Waals surface area contributed by atoms with Crippen LogP contribution in [-0.2, 0) is 6.54 Å². The van der Waals surface area contributed by atoms with Crippen molar-refractivity contribution >= 4 is 16.9 Å². The number of carbonyl (C=O) groups is 1. The quantitative estimate of drug-likeness (QED) is 0.542. The number of imidazole rings is 1. The van der Waals surface area contributed by atoms with E-state index < -0.39 is 0 Å². The maximum Gasteiger partial charge on any atom is 0.274 e. The molecule has 4 aromatic rings. The second-order valence-corrected chi connectivity index (χ2v) is 7.12. The van der Waals surface area contributed by atoms with Crippen LogP contribution in [0, 0.1) is 5.92 Å². The number of rotatable bonds is 6. The summed E-state index contributed by atoms with van der Waals surface area (Å²) in [5, 5.41) is 11.1. The number of hydrogen-bond acceptors (Lipinski definition) is 4. The van der Waals surface area contributed by atoms with E-state index in [9.17, 15) is 4.79 Å². The van der Waals surface area contributed by atoms with Crippen LogP contribution in [0.2, 0.25) is 0 Å². The highest BCUT2D eigenvalue weighted by molar-refractivity contribution is 5.92. The van der Waals surface area contributed by atoms with E-state index >= 15 is 0 Å². The molecule has 2 aromatic heterocycles. The first kappa shape index (κ1) is 17.9. The second kappa shape index (κ2) is 7.64. The predicted octanol–water partition coefficient (Wildman–Crippen LogP) is 3.33. The highest BCUT2D eigenvalue weighted by Crippen LogP contribution is 2.22. The standard InChI is InChI=1S/C21H22N6O/c1-14(2)19(20-22-16-10-6-7-11-17(16)23-20)24-21(28)18-13-27(26-25-18)12-15-8-4-3-5-9-15/h3-11,13-14,19H,12H2,1-2H3,(H,22,23)(H,24,28). The zero-order chi connectivity index (χ0) is 19.5. The third-order valence-electron chi connectivity index (χ3n) is 4.61. The molecule has 142 valence electrons. The number of amides is 1. The molecule has 1 amide bonds. The number of aromatic amines is 1. The van der Waals surface area contributed by atoms with Crippen LogP contribution in [0.3, 0.4) is 0 Å². The molecule has 7 nitrogen and oxygen atoms in total. The average molecular weight is 374 g/mol. The average Bonchev–Trinajstić information content (AvgIpc) is 3.33. The van der Waals surface area contributed by atoms with Crippen molar-refractivity contribution < 1.29 is 4.79 Å². The number of benzene rings is 2. The summed E-state index contributed by atoms with van der Waals surface area (Å²) >= 11 is 0. The van der Waals surface area contributed by atoms with Gasteiger partial charge in [-0.1, -0.05) is 61.5 Å². The Kier molecular flexibility index (Phi) is 4.89. The van der Waals surface area contributed by atoms with E-state index in [1.165, 1.54) is 0 Å². The first-order valence-electron chi connectivity index (χ1n) is 9.30. The molecular weight excluding hydrogens is 352 g/mol. The van der Waals surface area contributed by atoms with E-state index in [2.05, 4.69) is 25.6 Å². The lowest BCUT2D eigenvalue weighted by atomic mass is 10.0. The van der Waals surface area contributed by atoms with Gasteiger partial charge in [-0.3, -0.25) is 4.79 Å². The summed E-state index contributed by atoms with van der Waals surface area (Å²) < 4.78 is 1.66. The molecule has 1 atom stereocenters. The van der Waals surface area contributed by atoms with Gasteiger partial charge in [-0.25, -0.2) is 9.67 Å². The first-order chi connectivity index (χ1) is 13.6. The van der Waals surface area contributed by atoms with Crippen LogP contribution >= 0.6 is 0 Å². The molecule has 0 radical (unpaired) electrons. The van der Waals surface area contributed by atoms with E-state index in [0.29, 0.717) is 6.54 Å². The Bertz CT molecular complexity index is 1050. The van der Waals surface area contributed by atoms with Crippen molar-refractivity contribution in [3.8, 4) is 0 Å². The Morgan fingerprint density at radius 3 is 2.61 bits per heavy atom. The SMILES string of the molecule is CC(C)C(NC(=O)c1cn(Cc2ccccc2)nn1)c1nc2ccccc2[nH]1. The van der Waals surface area contributed by atoms with Gasteiger partial charge in [0.2, 0.25) is 0 Å². The van der Waals surface area contributed by atoms with Gasteiger partial charge in [0.05, 0.1) is 29.8 Å². The topological polar surface area (TPSA) is 88.5 Å². The number of H-pyrrole nitrogens is 1. The van der Waals surface area contributed by atoms with Gasteiger partial charge in [0.15, 0.2) is 5.69 Å². The lowest BCUT2D eigenvalue weighted by molar-refractivity contribution is 0.0918. The van der Waals surface area contributed by atoms with Gasteiger partial charge < -0.3 is 10.3 Å². The molecule has 0 spiro atoms. The van der Waals surface area contributed by atoms with Crippen molar-refractivity contribution in [3.63, 3.8) is 0 Å². The molecule has 0 aliphatic rings. The van der Waals surface area contributed by atoms with Crippen molar-refractivity contribution in [2.24, 2.45) is 5.92 Å². The number of para-hydroxylation sites is 2. The van der Waals surface area contributed by atoms with Crippen molar-refractivity contribution in [3.05, 3.63) is 77.9 Å². The summed E-state index contributed by atoms with van der Waals surface area (Å²) in [6.45, 7) is 4.66. The molecular formula is C21H22N6O. The summed E-state index contributed by atoms with van der Waals surface area (Å²) in [4.78, 5) is 20.7. The smallest absolute Gasteiger partial charge is 0.274 e. The number of carbonyl (C=O) groups excluding carboxylic acids is 1. The van der Waals surface area contributed by atoms with Crippen LogP contribution < -0.4 is 5.32 Å². The van der Waals surface area contributed by atoms with Crippen LogP contribution in [-0.4, -0.2) is 30.9 Å². The molecule has 0 fully saturated rings.